The highest BCUT2D eigenvalue weighted by atomic mass is 16.4. The van der Waals surface area contributed by atoms with Gasteiger partial charge in [-0.25, -0.2) is 0 Å². The summed E-state index contributed by atoms with van der Waals surface area (Å²) in [5.41, 5.74) is 0.219. The summed E-state index contributed by atoms with van der Waals surface area (Å²) in [4.78, 5) is 32.5. The molecule has 5 saturated carbocycles. The Morgan fingerprint density at radius 3 is 2.38 bits per heavy atom. The van der Waals surface area contributed by atoms with E-state index in [2.05, 4.69) is 30.9 Å². The fraction of sp³-hybridized carbons (Fsp3) is 0.708. The van der Waals surface area contributed by atoms with Crippen molar-refractivity contribution in [2.75, 3.05) is 0 Å². The summed E-state index contributed by atoms with van der Waals surface area (Å²) in [6, 6.07) is 6.55. The van der Waals surface area contributed by atoms with Gasteiger partial charge in [0.2, 0.25) is 5.91 Å². The van der Waals surface area contributed by atoms with Crippen LogP contribution in [0.4, 0.5) is 0 Å². The molecule has 6 fully saturated rings. The number of carbonyl (C=O) groups excluding carboxylic acids is 1. The van der Waals surface area contributed by atoms with Gasteiger partial charge in [0.15, 0.2) is 0 Å². The van der Waals surface area contributed by atoms with Gasteiger partial charge in [0.1, 0.15) is 0 Å². The number of nitrogens with zero attached hydrogens (tertiary/aromatic N) is 2. The zero-order valence-electron chi connectivity index (χ0n) is 17.3. The van der Waals surface area contributed by atoms with Crippen LogP contribution in [0.2, 0.25) is 0 Å². The van der Waals surface area contributed by atoms with E-state index in [0.29, 0.717) is 17.8 Å². The van der Waals surface area contributed by atoms with Crippen LogP contribution in [-0.4, -0.2) is 39.0 Å². The van der Waals surface area contributed by atoms with E-state index < -0.39 is 11.4 Å². The van der Waals surface area contributed by atoms with Gasteiger partial charge in [-0.3, -0.25) is 14.6 Å². The molecule has 154 valence electrons. The van der Waals surface area contributed by atoms with Gasteiger partial charge >= 0.3 is 5.97 Å². The van der Waals surface area contributed by atoms with Crippen molar-refractivity contribution in [1.29, 1.82) is 0 Å². The minimum absolute atomic E-state index is 0.0161. The fourth-order valence-electron chi connectivity index (χ4n) is 8.29. The number of hydrogen-bond donors (Lipinski definition) is 1. The number of hydrogen-bond acceptors (Lipinski definition) is 3. The standard InChI is InChI=1S/C24H30N2O3/c1-22(2)19(24(6-7-24)17-5-3-4-8-25-17)26(20(22)27)18-15-9-14-10-16(18)13-23(11-14,12-15)21(28)29/h3-5,8,14-16,18-19H,6-7,9-13H2,1-2H3,(H,28,29)/t14?,15-,16?,18?,19?,23?/m0/s1. The van der Waals surface area contributed by atoms with E-state index in [9.17, 15) is 14.7 Å². The van der Waals surface area contributed by atoms with Gasteiger partial charge < -0.3 is 10.0 Å². The molecule has 5 unspecified atom stereocenters. The summed E-state index contributed by atoms with van der Waals surface area (Å²) in [6.07, 6.45) is 8.61. The fourth-order valence-corrected chi connectivity index (χ4v) is 8.29. The monoisotopic (exact) mass is 394 g/mol. The van der Waals surface area contributed by atoms with Gasteiger partial charge in [0.25, 0.3) is 0 Å². The molecular formula is C24H30N2O3. The first kappa shape index (κ1) is 17.9. The van der Waals surface area contributed by atoms with Crippen LogP contribution in [0.1, 0.15) is 64.5 Å². The Labute approximate surface area is 171 Å². The molecule has 6 atom stereocenters. The molecule has 5 nitrogen and oxygen atoms in total. The van der Waals surface area contributed by atoms with Crippen molar-refractivity contribution in [2.24, 2.45) is 28.6 Å². The largest absolute Gasteiger partial charge is 0.481 e. The number of carbonyl (C=O) groups is 2. The molecule has 0 aromatic carbocycles. The lowest BCUT2D eigenvalue weighted by atomic mass is 9.46. The molecule has 1 aromatic rings. The van der Waals surface area contributed by atoms with Crippen LogP contribution in [0.15, 0.2) is 24.4 Å². The average molecular weight is 395 g/mol. The zero-order valence-corrected chi connectivity index (χ0v) is 17.3. The van der Waals surface area contributed by atoms with E-state index in [4.69, 9.17) is 4.98 Å². The lowest BCUT2D eigenvalue weighted by molar-refractivity contribution is -0.205. The number of pyridine rings is 1. The van der Waals surface area contributed by atoms with Crippen molar-refractivity contribution in [1.82, 2.24) is 9.88 Å². The van der Waals surface area contributed by atoms with Crippen LogP contribution < -0.4 is 0 Å². The Hall–Kier alpha value is -1.91. The van der Waals surface area contributed by atoms with Crippen LogP contribution in [-0.2, 0) is 15.0 Å². The Balaban J connectivity index is 1.37. The Morgan fingerprint density at radius 1 is 1.14 bits per heavy atom. The third-order valence-corrected chi connectivity index (χ3v) is 9.23. The normalized spacial score (nSPS) is 43.2. The Bertz CT molecular complexity index is 875. The highest BCUT2D eigenvalue weighted by molar-refractivity contribution is 5.91. The predicted molar refractivity (Wildman–Crippen MR) is 107 cm³/mol. The third kappa shape index (κ3) is 2.14. The Morgan fingerprint density at radius 2 is 1.83 bits per heavy atom. The molecule has 1 N–H and O–H groups in total. The van der Waals surface area contributed by atoms with Crippen LogP contribution in [0.5, 0.6) is 0 Å². The number of likely N-dealkylation sites (tertiary alicyclic amines) is 1. The van der Waals surface area contributed by atoms with Gasteiger partial charge in [-0.1, -0.05) is 6.07 Å². The van der Waals surface area contributed by atoms with E-state index in [1.807, 2.05) is 12.3 Å². The van der Waals surface area contributed by atoms with Gasteiger partial charge in [0, 0.05) is 23.3 Å². The first-order valence-electron chi connectivity index (χ1n) is 11.3. The van der Waals surface area contributed by atoms with Gasteiger partial charge in [0.05, 0.1) is 16.9 Å². The van der Waals surface area contributed by atoms with Crippen molar-refractivity contribution in [3.63, 3.8) is 0 Å². The molecule has 2 heterocycles. The first-order chi connectivity index (χ1) is 13.8. The van der Waals surface area contributed by atoms with Crippen LogP contribution in [0.3, 0.4) is 0 Å². The molecule has 5 heteroatoms. The van der Waals surface area contributed by atoms with Crippen LogP contribution in [0, 0.1) is 28.6 Å². The average Bonchev–Trinajstić information content (AvgIpc) is 3.47. The van der Waals surface area contributed by atoms with E-state index in [-0.39, 0.29) is 28.8 Å². The number of β-lactam (4-membered cyclic amide) rings is 1. The summed E-state index contributed by atoms with van der Waals surface area (Å²) in [5.74, 6) is 0.896. The van der Waals surface area contributed by atoms with Gasteiger partial charge in [-0.15, -0.1) is 0 Å². The number of rotatable bonds is 4. The summed E-state index contributed by atoms with van der Waals surface area (Å²) >= 11 is 0. The van der Waals surface area contributed by atoms with E-state index in [1.54, 1.807) is 0 Å². The smallest absolute Gasteiger partial charge is 0.309 e. The molecule has 1 amide bonds. The minimum Gasteiger partial charge on any atom is -0.481 e. The second-order valence-corrected chi connectivity index (χ2v) is 11.3. The first-order valence-corrected chi connectivity index (χ1v) is 11.3. The predicted octanol–water partition coefficient (Wildman–Crippen LogP) is 3.63. The number of amides is 1. The van der Waals surface area contributed by atoms with Gasteiger partial charge in [-0.05, 0) is 88.7 Å². The SMILES string of the molecule is CC1(C)C(=O)N(C2C3CC4C[C@H]2CC(C(=O)O)(C4)C3)C1C1(c2ccccn2)CC1. The number of carboxylic acids is 1. The van der Waals surface area contributed by atoms with Crippen LogP contribution in [0.25, 0.3) is 0 Å². The molecule has 4 bridgehead atoms. The third-order valence-electron chi connectivity index (χ3n) is 9.23. The molecule has 1 aliphatic heterocycles. The van der Waals surface area contributed by atoms with Crippen molar-refractivity contribution < 1.29 is 14.7 Å². The lowest BCUT2D eigenvalue weighted by Gasteiger charge is -2.67. The maximum absolute atomic E-state index is 13.4. The molecule has 29 heavy (non-hydrogen) atoms. The zero-order chi connectivity index (χ0) is 20.2. The maximum Gasteiger partial charge on any atom is 0.309 e. The molecule has 1 saturated heterocycles. The molecule has 7 rings (SSSR count). The van der Waals surface area contributed by atoms with Gasteiger partial charge in [-0.2, -0.15) is 0 Å². The molecule has 1 aromatic heterocycles. The lowest BCUT2D eigenvalue weighted by Crippen LogP contribution is -2.77. The maximum atomic E-state index is 13.4. The molecule has 5 aliphatic carbocycles. The second-order valence-electron chi connectivity index (χ2n) is 11.3. The van der Waals surface area contributed by atoms with E-state index in [0.717, 1.165) is 50.6 Å². The number of aromatic nitrogens is 1. The van der Waals surface area contributed by atoms with E-state index >= 15 is 0 Å². The highest BCUT2D eigenvalue weighted by Gasteiger charge is 2.72. The van der Waals surface area contributed by atoms with Crippen molar-refractivity contribution in [3.8, 4) is 0 Å². The number of aliphatic carboxylic acids is 1. The minimum atomic E-state index is -0.602. The molecule has 6 aliphatic rings. The molecule has 0 spiro atoms. The van der Waals surface area contributed by atoms with Crippen molar-refractivity contribution in [3.05, 3.63) is 30.1 Å². The summed E-state index contributed by atoms with van der Waals surface area (Å²) in [5, 5.41) is 9.96. The highest BCUT2D eigenvalue weighted by Crippen LogP contribution is 2.66. The topological polar surface area (TPSA) is 70.5 Å². The summed E-state index contributed by atoms with van der Waals surface area (Å²) in [6.45, 7) is 4.21. The summed E-state index contributed by atoms with van der Waals surface area (Å²) in [7, 11) is 0. The number of carboxylic acid groups (broad SMARTS) is 1. The second kappa shape index (κ2) is 5.41. The molecule has 0 radical (unpaired) electrons. The van der Waals surface area contributed by atoms with Crippen molar-refractivity contribution in [2.45, 2.75) is 76.3 Å². The van der Waals surface area contributed by atoms with Crippen LogP contribution >= 0.6 is 0 Å². The quantitative estimate of drug-likeness (QED) is 0.792. The van der Waals surface area contributed by atoms with Crippen molar-refractivity contribution >= 4 is 11.9 Å². The Kier molecular flexibility index (Phi) is 3.34. The summed E-state index contributed by atoms with van der Waals surface area (Å²) < 4.78 is 0. The van der Waals surface area contributed by atoms with E-state index in [1.165, 1.54) is 0 Å². The molecular weight excluding hydrogens is 364 g/mol.